The molecule has 3 N–H and O–H groups in total. The number of hydrogen-bond donors (Lipinski definition) is 3. The van der Waals surface area contributed by atoms with Crippen molar-refractivity contribution < 1.29 is 24.8 Å². The molecule has 1 heterocycles. The average molecular weight is 230 g/mol. The highest BCUT2D eigenvalue weighted by Crippen LogP contribution is 2.35. The summed E-state index contributed by atoms with van der Waals surface area (Å²) >= 11 is 0. The first-order chi connectivity index (χ1) is 7.43. The number of aliphatic hydroxyl groups excluding tert-OH is 3. The summed E-state index contributed by atoms with van der Waals surface area (Å²) in [5.74, 6) is -0.773. The lowest BCUT2D eigenvalue weighted by Gasteiger charge is -2.23. The van der Waals surface area contributed by atoms with Crippen LogP contribution in [0.25, 0.3) is 0 Å². The van der Waals surface area contributed by atoms with E-state index in [1.807, 2.05) is 0 Å². The van der Waals surface area contributed by atoms with Crippen LogP contribution in [0.4, 0.5) is 0 Å². The van der Waals surface area contributed by atoms with Crippen LogP contribution >= 0.6 is 0 Å². The first-order valence-corrected chi connectivity index (χ1v) is 5.45. The standard InChI is InChI=1S/C11H18O5/c1-11(2)15-8-4-6(5-12)3-7(13)9(14)10(8)16-11/h4,7-10,12-14H,3,5H2,1-2H3/t7-,8-,9-,10-/m0/s1. The molecule has 0 bridgehead atoms. The van der Waals surface area contributed by atoms with Gasteiger partial charge in [-0.25, -0.2) is 0 Å². The van der Waals surface area contributed by atoms with Crippen molar-refractivity contribution in [3.63, 3.8) is 0 Å². The molecular weight excluding hydrogens is 212 g/mol. The Hall–Kier alpha value is -0.460. The molecule has 0 amide bonds. The van der Waals surface area contributed by atoms with E-state index in [0.717, 1.165) is 0 Å². The van der Waals surface area contributed by atoms with Crippen LogP contribution in [0, 0.1) is 0 Å². The van der Waals surface area contributed by atoms with Gasteiger partial charge in [0.1, 0.15) is 18.3 Å². The Bertz CT molecular complexity index is 299. The molecule has 0 unspecified atom stereocenters. The molecule has 5 heteroatoms. The molecule has 1 saturated heterocycles. The van der Waals surface area contributed by atoms with Gasteiger partial charge < -0.3 is 24.8 Å². The van der Waals surface area contributed by atoms with Gasteiger partial charge in [-0.05, 0) is 25.8 Å². The van der Waals surface area contributed by atoms with Crippen LogP contribution in [0.1, 0.15) is 20.3 Å². The molecule has 2 aliphatic rings. The molecule has 0 spiro atoms. The number of rotatable bonds is 1. The van der Waals surface area contributed by atoms with Crippen molar-refractivity contribution in [2.45, 2.75) is 50.5 Å². The normalized spacial score (nSPS) is 42.4. The lowest BCUT2D eigenvalue weighted by Crippen LogP contribution is -2.41. The van der Waals surface area contributed by atoms with E-state index < -0.39 is 30.2 Å². The van der Waals surface area contributed by atoms with Crippen molar-refractivity contribution in [3.8, 4) is 0 Å². The molecule has 92 valence electrons. The van der Waals surface area contributed by atoms with Crippen LogP contribution in [0.3, 0.4) is 0 Å². The number of ether oxygens (including phenoxy) is 2. The minimum Gasteiger partial charge on any atom is -0.392 e. The summed E-state index contributed by atoms with van der Waals surface area (Å²) in [5, 5.41) is 28.8. The van der Waals surface area contributed by atoms with E-state index in [9.17, 15) is 10.2 Å². The van der Waals surface area contributed by atoms with Gasteiger partial charge >= 0.3 is 0 Å². The molecule has 0 saturated carbocycles. The highest BCUT2D eigenvalue weighted by atomic mass is 16.8. The second-order valence-electron chi connectivity index (χ2n) is 4.81. The zero-order valence-corrected chi connectivity index (χ0v) is 9.46. The molecule has 0 radical (unpaired) electrons. The molecular formula is C11H18O5. The van der Waals surface area contributed by atoms with Gasteiger partial charge in [0.2, 0.25) is 0 Å². The molecule has 1 aliphatic carbocycles. The first-order valence-electron chi connectivity index (χ1n) is 5.45. The lowest BCUT2D eigenvalue weighted by atomic mass is 10.0. The maximum Gasteiger partial charge on any atom is 0.164 e. The Morgan fingerprint density at radius 3 is 2.69 bits per heavy atom. The summed E-state index contributed by atoms with van der Waals surface area (Å²) < 4.78 is 11.2. The fourth-order valence-electron chi connectivity index (χ4n) is 2.24. The van der Waals surface area contributed by atoms with Crippen LogP contribution < -0.4 is 0 Å². The first kappa shape index (κ1) is 12.0. The van der Waals surface area contributed by atoms with Crippen molar-refractivity contribution in [1.29, 1.82) is 0 Å². The van der Waals surface area contributed by atoms with E-state index in [-0.39, 0.29) is 13.0 Å². The van der Waals surface area contributed by atoms with E-state index in [2.05, 4.69) is 0 Å². The Balaban J connectivity index is 2.26. The number of hydrogen-bond acceptors (Lipinski definition) is 5. The molecule has 2 rings (SSSR count). The van der Waals surface area contributed by atoms with Crippen molar-refractivity contribution >= 4 is 0 Å². The van der Waals surface area contributed by atoms with Crippen molar-refractivity contribution in [1.82, 2.24) is 0 Å². The topological polar surface area (TPSA) is 79.2 Å². The second-order valence-corrected chi connectivity index (χ2v) is 4.81. The van der Waals surface area contributed by atoms with Crippen LogP contribution in [0.5, 0.6) is 0 Å². The summed E-state index contributed by atoms with van der Waals surface area (Å²) in [5.41, 5.74) is 0.667. The maximum atomic E-state index is 9.90. The summed E-state index contributed by atoms with van der Waals surface area (Å²) in [6, 6.07) is 0. The molecule has 0 aromatic heterocycles. The van der Waals surface area contributed by atoms with E-state index in [1.54, 1.807) is 19.9 Å². The Labute approximate surface area is 94.3 Å². The van der Waals surface area contributed by atoms with Gasteiger partial charge in [-0.2, -0.15) is 0 Å². The minimum atomic E-state index is -0.993. The van der Waals surface area contributed by atoms with E-state index in [1.165, 1.54) is 0 Å². The third kappa shape index (κ3) is 2.14. The van der Waals surface area contributed by atoms with Gasteiger partial charge in [-0.15, -0.1) is 0 Å². The predicted octanol–water partition coefficient (Wildman–Crippen LogP) is -0.449. The summed E-state index contributed by atoms with van der Waals surface area (Å²) in [7, 11) is 0. The van der Waals surface area contributed by atoms with E-state index in [0.29, 0.717) is 5.57 Å². The SMILES string of the molecule is CC1(C)O[C@@H]2[C@@H](O)[C@@H](O)CC(CO)=C[C@@H]2O1. The Morgan fingerprint density at radius 2 is 2.06 bits per heavy atom. The maximum absolute atomic E-state index is 9.90. The van der Waals surface area contributed by atoms with Crippen LogP contribution in [0.2, 0.25) is 0 Å². The summed E-state index contributed by atoms with van der Waals surface area (Å²) in [6.45, 7) is 3.37. The summed E-state index contributed by atoms with van der Waals surface area (Å²) in [4.78, 5) is 0. The Morgan fingerprint density at radius 1 is 1.38 bits per heavy atom. The van der Waals surface area contributed by atoms with Crippen molar-refractivity contribution in [2.24, 2.45) is 0 Å². The number of fused-ring (bicyclic) bond motifs is 1. The minimum absolute atomic E-state index is 0.142. The highest BCUT2D eigenvalue weighted by Gasteiger charge is 2.47. The average Bonchev–Trinajstić information content (AvgIpc) is 2.46. The molecule has 5 nitrogen and oxygen atoms in total. The van der Waals surface area contributed by atoms with Crippen LogP contribution in [-0.4, -0.2) is 52.1 Å². The van der Waals surface area contributed by atoms with Gasteiger partial charge in [0.15, 0.2) is 5.79 Å². The zero-order chi connectivity index (χ0) is 11.9. The quantitative estimate of drug-likeness (QED) is 0.532. The third-order valence-electron chi connectivity index (χ3n) is 2.97. The predicted molar refractivity (Wildman–Crippen MR) is 55.6 cm³/mol. The number of aliphatic hydroxyl groups is 3. The highest BCUT2D eigenvalue weighted by molar-refractivity contribution is 5.15. The monoisotopic (exact) mass is 230 g/mol. The van der Waals surface area contributed by atoms with Gasteiger partial charge in [0.25, 0.3) is 0 Å². The third-order valence-corrected chi connectivity index (χ3v) is 2.97. The Kier molecular flexibility index (Phi) is 3.07. The largest absolute Gasteiger partial charge is 0.392 e. The van der Waals surface area contributed by atoms with E-state index >= 15 is 0 Å². The van der Waals surface area contributed by atoms with Crippen LogP contribution in [0.15, 0.2) is 11.6 Å². The molecule has 1 fully saturated rings. The second kappa shape index (κ2) is 4.09. The fourth-order valence-corrected chi connectivity index (χ4v) is 2.24. The molecule has 4 atom stereocenters. The zero-order valence-electron chi connectivity index (χ0n) is 9.46. The van der Waals surface area contributed by atoms with Crippen molar-refractivity contribution in [3.05, 3.63) is 11.6 Å². The van der Waals surface area contributed by atoms with Crippen molar-refractivity contribution in [2.75, 3.05) is 6.61 Å². The van der Waals surface area contributed by atoms with E-state index in [4.69, 9.17) is 14.6 Å². The molecule has 0 aromatic carbocycles. The fraction of sp³-hybridized carbons (Fsp3) is 0.818. The van der Waals surface area contributed by atoms with Gasteiger partial charge in [0, 0.05) is 0 Å². The summed E-state index contributed by atoms with van der Waals surface area (Å²) in [6.07, 6.45) is -0.923. The molecule has 0 aromatic rings. The van der Waals surface area contributed by atoms with Gasteiger partial charge in [0.05, 0.1) is 12.7 Å². The smallest absolute Gasteiger partial charge is 0.164 e. The molecule has 16 heavy (non-hydrogen) atoms. The lowest BCUT2D eigenvalue weighted by molar-refractivity contribution is -0.162. The van der Waals surface area contributed by atoms with Gasteiger partial charge in [-0.3, -0.25) is 0 Å². The van der Waals surface area contributed by atoms with Gasteiger partial charge in [-0.1, -0.05) is 6.08 Å². The molecule has 1 aliphatic heterocycles. The van der Waals surface area contributed by atoms with Crippen LogP contribution in [-0.2, 0) is 9.47 Å².